The van der Waals surface area contributed by atoms with Crippen LogP contribution in [0, 0.1) is 6.92 Å². The van der Waals surface area contributed by atoms with Crippen LogP contribution in [0.5, 0.6) is 0 Å². The fourth-order valence-electron chi connectivity index (χ4n) is 3.64. The average Bonchev–Trinajstić information content (AvgIpc) is 3.23. The number of ether oxygens (including phenoxy) is 1. The smallest absolute Gasteiger partial charge is 0.243 e. The van der Waals surface area contributed by atoms with Gasteiger partial charge in [0.1, 0.15) is 0 Å². The fraction of sp³-hybridized carbons (Fsp3) is 0.375. The van der Waals surface area contributed by atoms with E-state index in [1.54, 1.807) is 34.9 Å². The van der Waals surface area contributed by atoms with E-state index in [1.165, 1.54) is 29.7 Å². The van der Waals surface area contributed by atoms with Crippen LogP contribution in [0.15, 0.2) is 70.8 Å². The first-order valence-corrected chi connectivity index (χ1v) is 14.0. The SMILES string of the molecule is COCCN(Cc1cnc(S(=O)(=O)Cc2ccc(C)cc2)n1C(C)C)S(=O)(=O)c1ccccc1. The quantitative estimate of drug-likeness (QED) is 0.395. The number of rotatable bonds is 11. The minimum Gasteiger partial charge on any atom is -0.383 e. The largest absolute Gasteiger partial charge is 0.383 e. The van der Waals surface area contributed by atoms with Crippen LogP contribution in [0.4, 0.5) is 0 Å². The topological polar surface area (TPSA) is 98.6 Å². The van der Waals surface area contributed by atoms with E-state index >= 15 is 0 Å². The molecule has 0 aliphatic heterocycles. The number of sulfonamides is 1. The standard InChI is InChI=1S/C24H31N3O5S2/c1-19(2)27-22(16-25-24(27)33(28,29)18-21-12-10-20(3)11-13-21)17-26(14-15-32-4)34(30,31)23-8-6-5-7-9-23/h5-13,16,19H,14-15,17-18H2,1-4H3. The molecule has 0 saturated carbocycles. The fourth-order valence-corrected chi connectivity index (χ4v) is 6.66. The molecule has 184 valence electrons. The van der Waals surface area contributed by atoms with Crippen LogP contribution in [-0.4, -0.2) is 51.0 Å². The number of aromatic nitrogens is 2. The first kappa shape index (κ1) is 26.1. The van der Waals surface area contributed by atoms with Gasteiger partial charge >= 0.3 is 0 Å². The summed E-state index contributed by atoms with van der Waals surface area (Å²) in [7, 11) is -6.09. The van der Waals surface area contributed by atoms with E-state index in [1.807, 2.05) is 32.9 Å². The van der Waals surface area contributed by atoms with Crippen molar-refractivity contribution in [2.24, 2.45) is 0 Å². The van der Waals surface area contributed by atoms with Gasteiger partial charge in [-0.2, -0.15) is 4.31 Å². The molecule has 3 rings (SSSR count). The zero-order valence-electron chi connectivity index (χ0n) is 19.9. The molecule has 0 fully saturated rings. The van der Waals surface area contributed by atoms with Crippen LogP contribution in [-0.2, 0) is 36.9 Å². The maximum atomic E-state index is 13.3. The summed E-state index contributed by atoms with van der Waals surface area (Å²) in [5.41, 5.74) is 2.20. The molecule has 10 heteroatoms. The summed E-state index contributed by atoms with van der Waals surface area (Å²) >= 11 is 0. The first-order chi connectivity index (χ1) is 16.1. The zero-order valence-corrected chi connectivity index (χ0v) is 21.5. The Kier molecular flexibility index (Phi) is 8.29. The highest BCUT2D eigenvalue weighted by molar-refractivity contribution is 7.90. The maximum Gasteiger partial charge on any atom is 0.243 e. The Morgan fingerprint density at radius 1 is 1.00 bits per heavy atom. The molecule has 0 bridgehead atoms. The van der Waals surface area contributed by atoms with Crippen molar-refractivity contribution in [3.63, 3.8) is 0 Å². The van der Waals surface area contributed by atoms with Gasteiger partial charge in [-0.1, -0.05) is 48.0 Å². The van der Waals surface area contributed by atoms with Gasteiger partial charge in [0.25, 0.3) is 0 Å². The summed E-state index contributed by atoms with van der Waals surface area (Å²) in [5.74, 6) is -0.188. The van der Waals surface area contributed by atoms with Crippen molar-refractivity contribution >= 4 is 19.9 Å². The van der Waals surface area contributed by atoms with Crippen molar-refractivity contribution in [1.29, 1.82) is 0 Å². The van der Waals surface area contributed by atoms with Gasteiger partial charge in [0, 0.05) is 19.7 Å². The Bertz CT molecular complexity index is 1300. The number of methoxy groups -OCH3 is 1. The summed E-state index contributed by atoms with van der Waals surface area (Å²) < 4.78 is 61.2. The molecule has 8 nitrogen and oxygen atoms in total. The molecular formula is C24H31N3O5S2. The Hall–Kier alpha value is -2.53. The molecule has 0 aliphatic carbocycles. The summed E-state index contributed by atoms with van der Waals surface area (Å²) in [5, 5.41) is -0.0677. The van der Waals surface area contributed by atoms with Gasteiger partial charge in [-0.15, -0.1) is 0 Å². The highest BCUT2D eigenvalue weighted by Gasteiger charge is 2.29. The molecule has 0 saturated heterocycles. The molecule has 0 spiro atoms. The van der Waals surface area contributed by atoms with E-state index in [-0.39, 0.29) is 41.5 Å². The van der Waals surface area contributed by atoms with Crippen LogP contribution < -0.4 is 0 Å². The number of benzene rings is 2. The average molecular weight is 506 g/mol. The molecule has 34 heavy (non-hydrogen) atoms. The second kappa shape index (κ2) is 10.8. The highest BCUT2D eigenvalue weighted by atomic mass is 32.2. The number of hydrogen-bond acceptors (Lipinski definition) is 6. The zero-order chi connectivity index (χ0) is 24.9. The van der Waals surface area contributed by atoms with Crippen LogP contribution in [0.1, 0.15) is 36.7 Å². The summed E-state index contributed by atoms with van der Waals surface area (Å²) in [4.78, 5) is 4.39. The molecule has 0 N–H and O–H groups in total. The minimum atomic E-state index is -3.83. The Morgan fingerprint density at radius 2 is 1.65 bits per heavy atom. The second-order valence-electron chi connectivity index (χ2n) is 8.38. The lowest BCUT2D eigenvalue weighted by Gasteiger charge is -2.24. The molecule has 0 radical (unpaired) electrons. The van der Waals surface area contributed by atoms with Crippen LogP contribution in [0.25, 0.3) is 0 Å². The third-order valence-corrected chi connectivity index (χ3v) is 8.81. The van der Waals surface area contributed by atoms with E-state index in [2.05, 4.69) is 4.98 Å². The third-order valence-electron chi connectivity index (χ3n) is 5.38. The molecule has 1 aromatic heterocycles. The third kappa shape index (κ3) is 5.93. The van der Waals surface area contributed by atoms with E-state index in [0.717, 1.165) is 5.56 Å². The van der Waals surface area contributed by atoms with Crippen LogP contribution in [0.3, 0.4) is 0 Å². The summed E-state index contributed by atoms with van der Waals surface area (Å²) in [6.45, 7) is 5.91. The number of imidazole rings is 1. The Morgan fingerprint density at radius 3 is 2.24 bits per heavy atom. The molecule has 1 heterocycles. The van der Waals surface area contributed by atoms with Gasteiger partial charge in [-0.3, -0.25) is 0 Å². The van der Waals surface area contributed by atoms with Crippen molar-refractivity contribution in [3.05, 3.63) is 77.6 Å². The van der Waals surface area contributed by atoms with E-state index in [4.69, 9.17) is 4.74 Å². The minimum absolute atomic E-state index is 0.0359. The molecule has 0 unspecified atom stereocenters. The number of nitrogens with zero attached hydrogens (tertiary/aromatic N) is 3. The predicted molar refractivity (Wildman–Crippen MR) is 131 cm³/mol. The van der Waals surface area contributed by atoms with Gasteiger partial charge in [-0.25, -0.2) is 21.8 Å². The van der Waals surface area contributed by atoms with Gasteiger partial charge in [-0.05, 0) is 38.5 Å². The van der Waals surface area contributed by atoms with E-state index in [9.17, 15) is 16.8 Å². The number of sulfone groups is 1. The van der Waals surface area contributed by atoms with Crippen molar-refractivity contribution in [1.82, 2.24) is 13.9 Å². The van der Waals surface area contributed by atoms with Crippen molar-refractivity contribution in [3.8, 4) is 0 Å². The second-order valence-corrected chi connectivity index (χ2v) is 12.2. The van der Waals surface area contributed by atoms with Crippen molar-refractivity contribution in [2.75, 3.05) is 20.3 Å². The van der Waals surface area contributed by atoms with Crippen molar-refractivity contribution in [2.45, 2.75) is 49.2 Å². The lowest BCUT2D eigenvalue weighted by atomic mass is 10.2. The van der Waals surface area contributed by atoms with Gasteiger partial charge in [0.2, 0.25) is 25.0 Å². The monoisotopic (exact) mass is 505 g/mol. The molecule has 0 atom stereocenters. The van der Waals surface area contributed by atoms with Crippen LogP contribution in [0.2, 0.25) is 0 Å². The molecule has 0 aliphatic rings. The molecule has 3 aromatic rings. The Balaban J connectivity index is 1.98. The Labute approximate surface area is 202 Å². The summed E-state index contributed by atoms with van der Waals surface area (Å²) in [6.07, 6.45) is 1.45. The number of hydrogen-bond donors (Lipinski definition) is 0. The van der Waals surface area contributed by atoms with Gasteiger partial charge in [0.05, 0.1) is 35.7 Å². The molecular weight excluding hydrogens is 474 g/mol. The maximum absolute atomic E-state index is 13.3. The van der Waals surface area contributed by atoms with Gasteiger partial charge < -0.3 is 9.30 Å². The van der Waals surface area contributed by atoms with Crippen LogP contribution >= 0.6 is 0 Å². The number of aryl methyl sites for hydroxylation is 1. The molecule has 0 amide bonds. The molecule has 2 aromatic carbocycles. The highest BCUT2D eigenvalue weighted by Crippen LogP contribution is 2.25. The summed E-state index contributed by atoms with van der Waals surface area (Å²) in [6, 6.07) is 15.2. The first-order valence-electron chi connectivity index (χ1n) is 10.9. The predicted octanol–water partition coefficient (Wildman–Crippen LogP) is 3.58. The lowest BCUT2D eigenvalue weighted by molar-refractivity contribution is 0.176. The lowest BCUT2D eigenvalue weighted by Crippen LogP contribution is -2.34. The normalized spacial score (nSPS) is 12.5. The van der Waals surface area contributed by atoms with E-state index < -0.39 is 19.9 Å². The van der Waals surface area contributed by atoms with Gasteiger partial charge in [0.15, 0.2) is 0 Å². The van der Waals surface area contributed by atoms with Crippen molar-refractivity contribution < 1.29 is 21.6 Å². The van der Waals surface area contributed by atoms with E-state index in [0.29, 0.717) is 11.3 Å².